The van der Waals surface area contributed by atoms with Crippen LogP contribution in [0.1, 0.15) is 35.7 Å². The van der Waals surface area contributed by atoms with E-state index in [1.165, 1.54) is 17.7 Å². The van der Waals surface area contributed by atoms with E-state index in [2.05, 4.69) is 34.2 Å². The van der Waals surface area contributed by atoms with Crippen LogP contribution in [0.3, 0.4) is 0 Å². The molecule has 0 unspecified atom stereocenters. The first-order chi connectivity index (χ1) is 10.8. The fourth-order valence-corrected chi connectivity index (χ4v) is 3.49. The molecule has 0 aliphatic carbocycles. The lowest BCUT2D eigenvalue weighted by Crippen LogP contribution is -2.44. The molecule has 4 heteroatoms. The molecule has 22 heavy (non-hydrogen) atoms. The van der Waals surface area contributed by atoms with Crippen LogP contribution in [-0.4, -0.2) is 56.5 Å². The number of aryl methyl sites for hydroxylation is 1. The number of benzene rings is 1. The van der Waals surface area contributed by atoms with Gasteiger partial charge < -0.3 is 15.1 Å². The summed E-state index contributed by atoms with van der Waals surface area (Å²) in [6, 6.07) is 6.31. The Kier molecular flexibility index (Phi) is 5.11. The van der Waals surface area contributed by atoms with E-state index in [1.54, 1.807) is 0 Å². The number of nitrogens with one attached hydrogen (secondary N) is 1. The van der Waals surface area contributed by atoms with Gasteiger partial charge in [0.05, 0.1) is 0 Å². The summed E-state index contributed by atoms with van der Waals surface area (Å²) in [6.07, 6.45) is 2.99. The summed E-state index contributed by atoms with van der Waals surface area (Å²) in [5.74, 6) is 0.281. The number of piperazine rings is 1. The van der Waals surface area contributed by atoms with Crippen molar-refractivity contribution >= 4 is 11.5 Å². The summed E-state index contributed by atoms with van der Waals surface area (Å²) >= 11 is 0. The van der Waals surface area contributed by atoms with Gasteiger partial charge in [-0.25, -0.2) is 0 Å². The van der Waals surface area contributed by atoms with Crippen molar-refractivity contribution in [1.29, 1.82) is 0 Å². The van der Waals surface area contributed by atoms with Crippen LogP contribution < -0.4 is 10.2 Å². The van der Waals surface area contributed by atoms with E-state index in [4.69, 9.17) is 0 Å². The Morgan fingerprint density at radius 2 is 2.05 bits per heavy atom. The number of rotatable bonds is 5. The Morgan fingerprint density at radius 1 is 1.23 bits per heavy atom. The molecule has 1 fully saturated rings. The third-order valence-electron chi connectivity index (χ3n) is 4.87. The van der Waals surface area contributed by atoms with Gasteiger partial charge in [-0.05, 0) is 31.4 Å². The van der Waals surface area contributed by atoms with Gasteiger partial charge in [-0.1, -0.05) is 12.1 Å². The second-order valence-corrected chi connectivity index (χ2v) is 6.29. The lowest BCUT2D eigenvalue weighted by molar-refractivity contribution is 0.0960. The number of ketones is 1. The lowest BCUT2D eigenvalue weighted by Gasteiger charge is -2.30. The molecule has 0 radical (unpaired) electrons. The first-order valence-corrected chi connectivity index (χ1v) is 8.62. The Morgan fingerprint density at radius 3 is 2.82 bits per heavy atom. The van der Waals surface area contributed by atoms with Gasteiger partial charge in [-0.2, -0.15) is 0 Å². The van der Waals surface area contributed by atoms with Gasteiger partial charge in [0, 0.05) is 63.5 Å². The third-order valence-corrected chi connectivity index (χ3v) is 4.87. The highest BCUT2D eigenvalue weighted by molar-refractivity contribution is 5.97. The maximum absolute atomic E-state index is 12.5. The molecule has 3 rings (SSSR count). The van der Waals surface area contributed by atoms with Gasteiger partial charge >= 0.3 is 0 Å². The predicted octanol–water partition coefficient (Wildman–Crippen LogP) is 1.94. The van der Waals surface area contributed by atoms with Crippen LogP contribution in [0.4, 0.5) is 5.69 Å². The molecule has 1 N–H and O–H groups in total. The van der Waals surface area contributed by atoms with Crippen LogP contribution >= 0.6 is 0 Å². The number of hydrogen-bond acceptors (Lipinski definition) is 4. The van der Waals surface area contributed by atoms with Crippen LogP contribution in [0.15, 0.2) is 18.2 Å². The quantitative estimate of drug-likeness (QED) is 0.843. The molecule has 1 saturated heterocycles. The second-order valence-electron chi connectivity index (χ2n) is 6.29. The van der Waals surface area contributed by atoms with Crippen molar-refractivity contribution in [3.8, 4) is 0 Å². The van der Waals surface area contributed by atoms with E-state index in [-0.39, 0.29) is 5.78 Å². The number of hydrogen-bond donors (Lipinski definition) is 1. The smallest absolute Gasteiger partial charge is 0.164 e. The standard InChI is InChI=1S/C18H27N3O/c1-2-21-10-3-4-15-5-6-16(14-17(15)21)18(22)7-11-20-12-8-19-9-13-20/h5-6,14,19H,2-4,7-13H2,1H3. The number of carbonyl (C=O) groups excluding carboxylic acids is 1. The fourth-order valence-electron chi connectivity index (χ4n) is 3.49. The van der Waals surface area contributed by atoms with E-state index >= 15 is 0 Å². The van der Waals surface area contributed by atoms with Crippen molar-refractivity contribution in [2.24, 2.45) is 0 Å². The third kappa shape index (κ3) is 3.50. The number of nitrogens with zero attached hydrogens (tertiary/aromatic N) is 2. The van der Waals surface area contributed by atoms with Crippen molar-refractivity contribution in [2.75, 3.05) is 50.7 Å². The number of fused-ring (bicyclic) bond motifs is 1. The van der Waals surface area contributed by atoms with E-state index in [0.29, 0.717) is 6.42 Å². The minimum atomic E-state index is 0.281. The predicted molar refractivity (Wildman–Crippen MR) is 90.9 cm³/mol. The topological polar surface area (TPSA) is 35.6 Å². The van der Waals surface area contributed by atoms with E-state index < -0.39 is 0 Å². The van der Waals surface area contributed by atoms with Crippen molar-refractivity contribution < 1.29 is 4.79 Å². The maximum Gasteiger partial charge on any atom is 0.164 e. The Balaban J connectivity index is 1.65. The van der Waals surface area contributed by atoms with E-state index in [1.807, 2.05) is 6.07 Å². The molecular weight excluding hydrogens is 274 g/mol. The minimum absolute atomic E-state index is 0.281. The molecule has 0 amide bonds. The van der Waals surface area contributed by atoms with Crippen molar-refractivity contribution in [3.63, 3.8) is 0 Å². The van der Waals surface area contributed by atoms with Gasteiger partial charge in [-0.15, -0.1) is 0 Å². The molecule has 4 nitrogen and oxygen atoms in total. The first kappa shape index (κ1) is 15.5. The number of carbonyl (C=O) groups is 1. The zero-order chi connectivity index (χ0) is 15.4. The molecule has 2 heterocycles. The maximum atomic E-state index is 12.5. The Labute approximate surface area is 133 Å². The Hall–Kier alpha value is -1.39. The van der Waals surface area contributed by atoms with Gasteiger partial charge in [0.15, 0.2) is 5.78 Å². The second kappa shape index (κ2) is 7.25. The van der Waals surface area contributed by atoms with Crippen LogP contribution in [-0.2, 0) is 6.42 Å². The SMILES string of the molecule is CCN1CCCc2ccc(C(=O)CCN3CCNCC3)cc21. The van der Waals surface area contributed by atoms with Crippen LogP contribution in [0, 0.1) is 0 Å². The molecule has 1 aromatic carbocycles. The largest absolute Gasteiger partial charge is 0.372 e. The van der Waals surface area contributed by atoms with Crippen molar-refractivity contribution in [1.82, 2.24) is 10.2 Å². The highest BCUT2D eigenvalue weighted by atomic mass is 16.1. The molecule has 0 bridgehead atoms. The van der Waals surface area contributed by atoms with E-state index in [9.17, 15) is 4.79 Å². The van der Waals surface area contributed by atoms with Gasteiger partial charge in [0.2, 0.25) is 0 Å². The summed E-state index contributed by atoms with van der Waals surface area (Å²) in [7, 11) is 0. The van der Waals surface area contributed by atoms with E-state index in [0.717, 1.165) is 57.8 Å². The van der Waals surface area contributed by atoms with Gasteiger partial charge in [0.1, 0.15) is 0 Å². The average Bonchev–Trinajstić information content (AvgIpc) is 2.59. The minimum Gasteiger partial charge on any atom is -0.372 e. The molecular formula is C18H27N3O. The van der Waals surface area contributed by atoms with Crippen molar-refractivity contribution in [3.05, 3.63) is 29.3 Å². The summed E-state index contributed by atoms with van der Waals surface area (Å²) in [5, 5.41) is 3.35. The zero-order valence-electron chi connectivity index (χ0n) is 13.6. The van der Waals surface area contributed by atoms with Crippen LogP contribution in [0.25, 0.3) is 0 Å². The summed E-state index contributed by atoms with van der Waals surface area (Å²) in [6.45, 7) is 9.40. The van der Waals surface area contributed by atoms with Gasteiger partial charge in [-0.3, -0.25) is 4.79 Å². The number of anilines is 1. The molecule has 120 valence electrons. The summed E-state index contributed by atoms with van der Waals surface area (Å²) < 4.78 is 0. The first-order valence-electron chi connectivity index (χ1n) is 8.62. The molecule has 2 aliphatic rings. The van der Waals surface area contributed by atoms with Gasteiger partial charge in [0.25, 0.3) is 0 Å². The van der Waals surface area contributed by atoms with Crippen LogP contribution in [0.2, 0.25) is 0 Å². The molecule has 0 spiro atoms. The molecule has 0 saturated carbocycles. The highest BCUT2D eigenvalue weighted by Crippen LogP contribution is 2.28. The monoisotopic (exact) mass is 301 g/mol. The van der Waals surface area contributed by atoms with Crippen molar-refractivity contribution in [2.45, 2.75) is 26.2 Å². The summed E-state index contributed by atoms with van der Waals surface area (Å²) in [5.41, 5.74) is 3.56. The summed E-state index contributed by atoms with van der Waals surface area (Å²) in [4.78, 5) is 17.3. The molecule has 1 aromatic rings. The molecule has 0 atom stereocenters. The normalized spacial score (nSPS) is 19.0. The number of Topliss-reactive ketones (excluding diaryl/α,β-unsaturated/α-hetero) is 1. The lowest BCUT2D eigenvalue weighted by atomic mass is 9.97. The fraction of sp³-hybridized carbons (Fsp3) is 0.611. The molecule has 2 aliphatic heterocycles. The highest BCUT2D eigenvalue weighted by Gasteiger charge is 2.18. The average molecular weight is 301 g/mol. The molecule has 0 aromatic heterocycles. The Bertz CT molecular complexity index is 523. The van der Waals surface area contributed by atoms with Crippen LogP contribution in [0.5, 0.6) is 0 Å². The zero-order valence-corrected chi connectivity index (χ0v) is 13.6.